The fourth-order valence-electron chi connectivity index (χ4n) is 2.72. The molecule has 31 heavy (non-hydrogen) atoms. The van der Waals surface area contributed by atoms with Gasteiger partial charge in [-0.25, -0.2) is 5.43 Å². The molecular weight excluding hydrogens is 452 g/mol. The van der Waals surface area contributed by atoms with Crippen molar-refractivity contribution in [3.05, 3.63) is 76.2 Å². The molecule has 156 valence electrons. The lowest BCUT2D eigenvalue weighted by molar-refractivity contribution is -0.118. The van der Waals surface area contributed by atoms with Crippen molar-refractivity contribution in [1.82, 2.24) is 25.2 Å². The molecule has 0 bridgehead atoms. The van der Waals surface area contributed by atoms with Crippen molar-refractivity contribution < 1.29 is 4.79 Å². The number of halogens is 1. The summed E-state index contributed by atoms with van der Waals surface area (Å²) in [5.41, 5.74) is 5.07. The lowest BCUT2D eigenvalue weighted by Crippen LogP contribution is -2.21. The van der Waals surface area contributed by atoms with E-state index in [2.05, 4.69) is 25.7 Å². The predicted octanol–water partition coefficient (Wildman–Crippen LogP) is 4.68. The number of benzene rings is 1. The van der Waals surface area contributed by atoms with E-state index in [0.717, 1.165) is 21.8 Å². The normalized spacial score (nSPS) is 11.5. The minimum Gasteiger partial charge on any atom is -0.272 e. The van der Waals surface area contributed by atoms with E-state index in [1.807, 2.05) is 53.3 Å². The van der Waals surface area contributed by atoms with Crippen LogP contribution in [0.4, 0.5) is 0 Å². The molecule has 0 saturated heterocycles. The number of thioether (sulfide) groups is 1. The molecule has 3 heterocycles. The van der Waals surface area contributed by atoms with Crippen LogP contribution in [0.2, 0.25) is 5.02 Å². The Labute approximate surface area is 192 Å². The molecule has 0 atom stereocenters. The van der Waals surface area contributed by atoms with Crippen LogP contribution in [0.15, 0.2) is 76.6 Å². The van der Waals surface area contributed by atoms with Crippen molar-refractivity contribution in [2.45, 2.75) is 12.1 Å². The second-order valence-electron chi connectivity index (χ2n) is 6.35. The molecule has 1 amide bonds. The second-order valence-corrected chi connectivity index (χ2v) is 8.68. The van der Waals surface area contributed by atoms with E-state index in [4.69, 9.17) is 11.6 Å². The summed E-state index contributed by atoms with van der Waals surface area (Å²) >= 11 is 8.90. The van der Waals surface area contributed by atoms with Crippen molar-refractivity contribution >= 4 is 46.3 Å². The topological polar surface area (TPSA) is 85.1 Å². The zero-order valence-electron chi connectivity index (χ0n) is 16.4. The van der Waals surface area contributed by atoms with Gasteiger partial charge in [-0.2, -0.15) is 5.10 Å². The summed E-state index contributed by atoms with van der Waals surface area (Å²) in [5.74, 6) is 0.569. The van der Waals surface area contributed by atoms with E-state index in [0.29, 0.717) is 16.0 Å². The first kappa shape index (κ1) is 21.2. The van der Waals surface area contributed by atoms with Crippen molar-refractivity contribution in [2.24, 2.45) is 5.10 Å². The summed E-state index contributed by atoms with van der Waals surface area (Å²) in [7, 11) is 0. The van der Waals surface area contributed by atoms with Crippen LogP contribution in [0.5, 0.6) is 0 Å². The molecular formula is C21H17ClN6OS2. The number of hydrogen-bond donors (Lipinski definition) is 1. The van der Waals surface area contributed by atoms with Gasteiger partial charge in [-0.15, -0.1) is 21.5 Å². The molecule has 0 fully saturated rings. The third kappa shape index (κ3) is 5.19. The van der Waals surface area contributed by atoms with Gasteiger partial charge in [-0.3, -0.25) is 14.3 Å². The van der Waals surface area contributed by atoms with Crippen LogP contribution in [0.25, 0.3) is 17.1 Å². The van der Waals surface area contributed by atoms with Crippen molar-refractivity contribution in [3.63, 3.8) is 0 Å². The lowest BCUT2D eigenvalue weighted by Gasteiger charge is -2.10. The van der Waals surface area contributed by atoms with Gasteiger partial charge < -0.3 is 0 Å². The smallest absolute Gasteiger partial charge is 0.250 e. The van der Waals surface area contributed by atoms with Crippen molar-refractivity contribution in [3.8, 4) is 17.1 Å². The number of aromatic nitrogens is 4. The Kier molecular flexibility index (Phi) is 6.76. The summed E-state index contributed by atoms with van der Waals surface area (Å²) in [4.78, 5) is 17.4. The minimum absolute atomic E-state index is 0.142. The van der Waals surface area contributed by atoms with E-state index in [1.165, 1.54) is 11.8 Å². The fourth-order valence-corrected chi connectivity index (χ4v) is 4.27. The van der Waals surface area contributed by atoms with Crippen LogP contribution in [-0.4, -0.2) is 37.1 Å². The van der Waals surface area contributed by atoms with Gasteiger partial charge in [-0.1, -0.05) is 29.4 Å². The second kappa shape index (κ2) is 9.86. The van der Waals surface area contributed by atoms with E-state index >= 15 is 0 Å². The number of carbonyl (C=O) groups is 1. The highest BCUT2D eigenvalue weighted by Crippen LogP contribution is 2.28. The van der Waals surface area contributed by atoms with Gasteiger partial charge in [0.2, 0.25) is 0 Å². The van der Waals surface area contributed by atoms with Gasteiger partial charge in [-0.05, 0) is 54.8 Å². The maximum atomic E-state index is 12.3. The van der Waals surface area contributed by atoms with Gasteiger partial charge >= 0.3 is 0 Å². The molecule has 0 saturated carbocycles. The standard InChI is InChI=1S/C21H17ClN6OS2/c1-14(18-3-2-12-30-18)24-25-19(29)13-31-21-27-26-20(15-8-10-23-11-9-15)28(21)17-6-4-16(22)5-7-17/h2-12H,13H2,1H3,(H,25,29). The highest BCUT2D eigenvalue weighted by atomic mass is 35.5. The molecule has 0 aliphatic heterocycles. The van der Waals surface area contributed by atoms with Gasteiger partial charge in [0.25, 0.3) is 5.91 Å². The number of thiophene rings is 1. The number of hydrogen-bond acceptors (Lipinski definition) is 7. The first-order valence-electron chi connectivity index (χ1n) is 9.23. The highest BCUT2D eigenvalue weighted by molar-refractivity contribution is 7.99. The number of pyridine rings is 1. The van der Waals surface area contributed by atoms with Crippen LogP contribution in [0.1, 0.15) is 11.8 Å². The van der Waals surface area contributed by atoms with E-state index < -0.39 is 0 Å². The number of nitrogens with one attached hydrogen (secondary N) is 1. The third-order valence-electron chi connectivity index (χ3n) is 4.22. The first-order chi connectivity index (χ1) is 15.1. The van der Waals surface area contributed by atoms with Crippen LogP contribution in [0, 0.1) is 0 Å². The summed E-state index contributed by atoms with van der Waals surface area (Å²) in [6.07, 6.45) is 3.40. The van der Waals surface area contributed by atoms with Gasteiger partial charge in [0.15, 0.2) is 11.0 Å². The van der Waals surface area contributed by atoms with Crippen molar-refractivity contribution in [1.29, 1.82) is 0 Å². The summed E-state index contributed by atoms with van der Waals surface area (Å²) < 4.78 is 1.89. The predicted molar refractivity (Wildman–Crippen MR) is 125 cm³/mol. The maximum absolute atomic E-state index is 12.3. The van der Waals surface area contributed by atoms with Gasteiger partial charge in [0.1, 0.15) is 0 Å². The Hall–Kier alpha value is -3.01. The third-order valence-corrected chi connectivity index (χ3v) is 6.37. The minimum atomic E-state index is -0.225. The Balaban J connectivity index is 1.54. The van der Waals surface area contributed by atoms with E-state index in [1.54, 1.807) is 35.9 Å². The summed E-state index contributed by atoms with van der Waals surface area (Å²) in [6, 6.07) is 15.0. The number of rotatable bonds is 7. The van der Waals surface area contributed by atoms with Crippen LogP contribution < -0.4 is 5.43 Å². The quantitative estimate of drug-likeness (QED) is 0.242. The SMILES string of the molecule is CC(=NNC(=O)CSc1nnc(-c2ccncc2)n1-c1ccc(Cl)cc1)c1cccs1. The number of nitrogens with zero attached hydrogens (tertiary/aromatic N) is 5. The molecule has 0 radical (unpaired) electrons. The van der Waals surface area contributed by atoms with Gasteiger partial charge in [0, 0.05) is 33.5 Å². The Morgan fingerprint density at radius 2 is 1.94 bits per heavy atom. The average Bonchev–Trinajstić information content (AvgIpc) is 3.48. The molecule has 10 heteroatoms. The number of amides is 1. The number of carbonyl (C=O) groups excluding carboxylic acids is 1. The van der Waals surface area contributed by atoms with Gasteiger partial charge in [0.05, 0.1) is 11.5 Å². The molecule has 3 aromatic heterocycles. The van der Waals surface area contributed by atoms with Crippen molar-refractivity contribution in [2.75, 3.05) is 5.75 Å². The van der Waals surface area contributed by atoms with Crippen LogP contribution in [0.3, 0.4) is 0 Å². The Morgan fingerprint density at radius 1 is 1.16 bits per heavy atom. The van der Waals surface area contributed by atoms with Crippen LogP contribution in [-0.2, 0) is 4.79 Å². The van der Waals surface area contributed by atoms with Crippen LogP contribution >= 0.6 is 34.7 Å². The fraction of sp³-hybridized carbons (Fsp3) is 0.0952. The maximum Gasteiger partial charge on any atom is 0.250 e. The summed E-state index contributed by atoms with van der Waals surface area (Å²) in [6.45, 7) is 1.86. The molecule has 4 aromatic rings. The summed E-state index contributed by atoms with van der Waals surface area (Å²) in [5, 5.41) is 16.0. The monoisotopic (exact) mass is 468 g/mol. The molecule has 4 rings (SSSR count). The molecule has 0 aliphatic rings. The molecule has 0 unspecified atom stereocenters. The largest absolute Gasteiger partial charge is 0.272 e. The molecule has 0 spiro atoms. The van der Waals surface area contributed by atoms with E-state index in [-0.39, 0.29) is 11.7 Å². The zero-order valence-corrected chi connectivity index (χ0v) is 18.8. The zero-order chi connectivity index (χ0) is 21.6. The molecule has 1 aromatic carbocycles. The lowest BCUT2D eigenvalue weighted by atomic mass is 10.2. The molecule has 0 aliphatic carbocycles. The Bertz CT molecular complexity index is 1190. The Morgan fingerprint density at radius 3 is 2.65 bits per heavy atom. The number of hydrazone groups is 1. The first-order valence-corrected chi connectivity index (χ1v) is 11.5. The van der Waals surface area contributed by atoms with E-state index in [9.17, 15) is 4.79 Å². The molecule has 7 nitrogen and oxygen atoms in total. The molecule has 1 N–H and O–H groups in total. The highest BCUT2D eigenvalue weighted by Gasteiger charge is 2.17. The average molecular weight is 469 g/mol.